The van der Waals surface area contributed by atoms with Crippen LogP contribution < -0.4 is 11.2 Å². The van der Waals surface area contributed by atoms with Gasteiger partial charge in [0.05, 0.1) is 0 Å². The molecule has 3 N–H and O–H groups in total. The van der Waals surface area contributed by atoms with Gasteiger partial charge in [0.25, 0.3) is 0 Å². The first-order chi connectivity index (χ1) is 8.00. The van der Waals surface area contributed by atoms with Gasteiger partial charge in [-0.25, -0.2) is 5.48 Å². The Bertz CT molecular complexity index is 311. The van der Waals surface area contributed by atoms with Crippen LogP contribution in [0.1, 0.15) is 19.8 Å². The third-order valence-corrected chi connectivity index (χ3v) is 2.70. The average molecular weight is 243 g/mol. The third-order valence-electron chi connectivity index (χ3n) is 2.70. The van der Waals surface area contributed by atoms with E-state index in [0.717, 1.165) is 0 Å². The molecule has 17 heavy (non-hydrogen) atoms. The molecule has 0 bridgehead atoms. The van der Waals surface area contributed by atoms with E-state index in [0.29, 0.717) is 25.9 Å². The number of hydrogen-bond donors (Lipinski definition) is 2. The van der Waals surface area contributed by atoms with Crippen LogP contribution >= 0.6 is 0 Å². The van der Waals surface area contributed by atoms with E-state index in [9.17, 15) is 14.4 Å². The van der Waals surface area contributed by atoms with Crippen molar-refractivity contribution in [1.82, 2.24) is 10.4 Å². The van der Waals surface area contributed by atoms with E-state index in [-0.39, 0.29) is 24.3 Å². The molecule has 1 rings (SSSR count). The van der Waals surface area contributed by atoms with Crippen LogP contribution in [-0.2, 0) is 19.2 Å². The highest BCUT2D eigenvalue weighted by atomic mass is 16.7. The van der Waals surface area contributed by atoms with E-state index in [1.54, 1.807) is 4.90 Å². The van der Waals surface area contributed by atoms with Crippen molar-refractivity contribution in [2.45, 2.75) is 19.8 Å². The summed E-state index contributed by atoms with van der Waals surface area (Å²) in [7, 11) is 0. The normalized spacial score (nSPS) is 16.6. The van der Waals surface area contributed by atoms with Crippen LogP contribution in [0.15, 0.2) is 0 Å². The summed E-state index contributed by atoms with van der Waals surface area (Å²) < 4.78 is 0. The molecule has 0 aromatic heterocycles. The highest BCUT2D eigenvalue weighted by molar-refractivity contribution is 5.79. The minimum absolute atomic E-state index is 0.0221. The maximum atomic E-state index is 11.6. The fourth-order valence-electron chi connectivity index (χ4n) is 1.72. The molecule has 1 aliphatic rings. The first-order valence-electron chi connectivity index (χ1n) is 5.46. The van der Waals surface area contributed by atoms with Crippen molar-refractivity contribution in [2.24, 2.45) is 11.7 Å². The van der Waals surface area contributed by atoms with Gasteiger partial charge in [-0.05, 0) is 12.8 Å². The number of rotatable bonds is 4. The maximum absolute atomic E-state index is 11.6. The second-order valence-corrected chi connectivity index (χ2v) is 4.00. The molecule has 0 aromatic carbocycles. The summed E-state index contributed by atoms with van der Waals surface area (Å²) in [6.07, 6.45) is 1.21. The summed E-state index contributed by atoms with van der Waals surface area (Å²) in [6, 6.07) is 0. The second kappa shape index (κ2) is 6.19. The van der Waals surface area contributed by atoms with E-state index >= 15 is 0 Å². The molecule has 1 heterocycles. The van der Waals surface area contributed by atoms with Gasteiger partial charge in [-0.2, -0.15) is 0 Å². The lowest BCUT2D eigenvalue weighted by molar-refractivity contribution is -0.144. The van der Waals surface area contributed by atoms with Crippen LogP contribution in [-0.4, -0.2) is 42.3 Å². The molecule has 0 unspecified atom stereocenters. The lowest BCUT2D eigenvalue weighted by Crippen LogP contribution is -2.42. The molecule has 1 fully saturated rings. The summed E-state index contributed by atoms with van der Waals surface area (Å²) in [6.45, 7) is 2.32. The van der Waals surface area contributed by atoms with E-state index in [1.165, 1.54) is 6.92 Å². The molecule has 0 spiro atoms. The van der Waals surface area contributed by atoms with Crippen molar-refractivity contribution < 1.29 is 19.2 Å². The van der Waals surface area contributed by atoms with Crippen molar-refractivity contribution in [3.8, 4) is 0 Å². The zero-order valence-electron chi connectivity index (χ0n) is 9.77. The zero-order chi connectivity index (χ0) is 12.8. The molecule has 7 nitrogen and oxygen atoms in total. The number of nitrogens with one attached hydrogen (secondary N) is 1. The van der Waals surface area contributed by atoms with Gasteiger partial charge >= 0.3 is 0 Å². The number of nitrogens with zero attached hydrogens (tertiary/aromatic N) is 1. The molecule has 0 aliphatic carbocycles. The highest BCUT2D eigenvalue weighted by Gasteiger charge is 2.26. The first-order valence-corrected chi connectivity index (χ1v) is 5.46. The number of carbonyl (C=O) groups excluding carboxylic acids is 3. The van der Waals surface area contributed by atoms with E-state index in [4.69, 9.17) is 5.73 Å². The Kier molecular flexibility index (Phi) is 4.89. The van der Waals surface area contributed by atoms with Crippen LogP contribution in [0.2, 0.25) is 0 Å². The Morgan fingerprint density at radius 2 is 1.94 bits per heavy atom. The molecule has 0 aromatic rings. The number of carbonyl (C=O) groups is 3. The quantitative estimate of drug-likeness (QED) is 0.604. The van der Waals surface area contributed by atoms with Crippen molar-refractivity contribution in [3.05, 3.63) is 0 Å². The SMILES string of the molecule is CC(=O)N1CCC(C(=O)NOCC(N)=O)CC1. The number of amides is 3. The summed E-state index contributed by atoms with van der Waals surface area (Å²) in [5, 5.41) is 0. The van der Waals surface area contributed by atoms with Gasteiger partial charge in [-0.3, -0.25) is 19.2 Å². The van der Waals surface area contributed by atoms with Gasteiger partial charge in [0.2, 0.25) is 17.7 Å². The number of primary amides is 1. The Labute approximate surface area is 99.2 Å². The van der Waals surface area contributed by atoms with Crippen LogP contribution in [0.4, 0.5) is 0 Å². The monoisotopic (exact) mass is 243 g/mol. The van der Waals surface area contributed by atoms with E-state index in [1.807, 2.05) is 0 Å². The zero-order valence-corrected chi connectivity index (χ0v) is 9.77. The molecule has 3 amide bonds. The molecule has 1 saturated heterocycles. The van der Waals surface area contributed by atoms with Crippen molar-refractivity contribution >= 4 is 17.7 Å². The lowest BCUT2D eigenvalue weighted by atomic mass is 9.96. The molecule has 1 aliphatic heterocycles. The van der Waals surface area contributed by atoms with Crippen LogP contribution in [0.5, 0.6) is 0 Å². The Morgan fingerprint density at radius 1 is 1.35 bits per heavy atom. The molecule has 0 saturated carbocycles. The van der Waals surface area contributed by atoms with Gasteiger partial charge in [0, 0.05) is 25.9 Å². The Balaban J connectivity index is 2.26. The van der Waals surface area contributed by atoms with Gasteiger partial charge in [-0.15, -0.1) is 0 Å². The van der Waals surface area contributed by atoms with E-state index < -0.39 is 5.91 Å². The van der Waals surface area contributed by atoms with Crippen LogP contribution in [0.3, 0.4) is 0 Å². The molecule has 7 heteroatoms. The molecular weight excluding hydrogens is 226 g/mol. The molecule has 0 atom stereocenters. The second-order valence-electron chi connectivity index (χ2n) is 4.00. The summed E-state index contributed by atoms with van der Waals surface area (Å²) in [5.41, 5.74) is 7.03. The van der Waals surface area contributed by atoms with Crippen molar-refractivity contribution in [3.63, 3.8) is 0 Å². The topological polar surface area (TPSA) is 102 Å². The fraction of sp³-hybridized carbons (Fsp3) is 0.700. The summed E-state index contributed by atoms with van der Waals surface area (Å²) in [5.74, 6) is -1.07. The fourth-order valence-corrected chi connectivity index (χ4v) is 1.72. The number of hydrogen-bond acceptors (Lipinski definition) is 4. The largest absolute Gasteiger partial charge is 0.368 e. The number of nitrogens with two attached hydrogens (primary N) is 1. The number of hydroxylamine groups is 1. The highest BCUT2D eigenvalue weighted by Crippen LogP contribution is 2.17. The van der Waals surface area contributed by atoms with Gasteiger partial charge in [0.1, 0.15) is 0 Å². The van der Waals surface area contributed by atoms with E-state index in [2.05, 4.69) is 10.3 Å². The molecule has 0 radical (unpaired) electrons. The predicted octanol–water partition coefficient (Wildman–Crippen LogP) is -1.22. The Hall–Kier alpha value is -1.63. The third kappa shape index (κ3) is 4.39. The smallest absolute Gasteiger partial charge is 0.246 e. The lowest BCUT2D eigenvalue weighted by Gasteiger charge is -2.30. The van der Waals surface area contributed by atoms with Crippen LogP contribution in [0, 0.1) is 5.92 Å². The minimum Gasteiger partial charge on any atom is -0.368 e. The number of piperidine rings is 1. The van der Waals surface area contributed by atoms with Crippen molar-refractivity contribution in [1.29, 1.82) is 0 Å². The minimum atomic E-state index is -0.642. The van der Waals surface area contributed by atoms with Gasteiger partial charge in [-0.1, -0.05) is 0 Å². The van der Waals surface area contributed by atoms with Gasteiger partial charge < -0.3 is 10.6 Å². The first kappa shape index (κ1) is 13.4. The summed E-state index contributed by atoms with van der Waals surface area (Å²) >= 11 is 0. The molecule has 96 valence electrons. The number of likely N-dealkylation sites (tertiary alicyclic amines) is 1. The summed E-state index contributed by atoms with van der Waals surface area (Å²) in [4.78, 5) is 39.3. The van der Waals surface area contributed by atoms with Crippen molar-refractivity contribution in [2.75, 3.05) is 19.7 Å². The molecular formula is C10H17N3O4. The Morgan fingerprint density at radius 3 is 2.41 bits per heavy atom. The average Bonchev–Trinajstić information content (AvgIpc) is 2.28. The maximum Gasteiger partial charge on any atom is 0.246 e. The van der Waals surface area contributed by atoms with Crippen LogP contribution in [0.25, 0.3) is 0 Å². The predicted molar refractivity (Wildman–Crippen MR) is 58.3 cm³/mol. The standard InChI is InChI=1S/C10H17N3O4/c1-7(14)13-4-2-8(3-5-13)10(16)12-17-6-9(11)15/h8H,2-6H2,1H3,(H2,11,15)(H,12,16). The van der Waals surface area contributed by atoms with Gasteiger partial charge in [0.15, 0.2) is 6.61 Å².